The van der Waals surface area contributed by atoms with E-state index in [4.69, 9.17) is 38.1 Å². The fourth-order valence-corrected chi connectivity index (χ4v) is 13.2. The molecule has 2 aliphatic carbocycles. The summed E-state index contributed by atoms with van der Waals surface area (Å²) in [5.41, 5.74) is 1.26. The second kappa shape index (κ2) is 39.2. The minimum absolute atomic E-state index is 0.163. The maximum Gasteiger partial charge on any atom is 0.444 e. The minimum Gasteiger partial charge on any atom is -0.494 e. The van der Waals surface area contributed by atoms with Crippen molar-refractivity contribution in [2.24, 2.45) is 11.8 Å². The van der Waals surface area contributed by atoms with Gasteiger partial charge in [0.15, 0.2) is 23.0 Å². The molecule has 0 atom stereocenters. The van der Waals surface area contributed by atoms with Gasteiger partial charge in [0.25, 0.3) is 11.1 Å². The van der Waals surface area contributed by atoms with Gasteiger partial charge in [-0.25, -0.2) is 9.59 Å². The lowest BCUT2D eigenvalue weighted by Gasteiger charge is -2.31. The van der Waals surface area contributed by atoms with Crippen molar-refractivity contribution in [3.05, 3.63) is 129 Å². The van der Waals surface area contributed by atoms with E-state index in [1.165, 1.54) is 87.5 Å². The Morgan fingerprint density at radius 2 is 0.812 bits per heavy atom. The van der Waals surface area contributed by atoms with Crippen LogP contribution in [0.4, 0.5) is 0 Å². The van der Waals surface area contributed by atoms with Crippen molar-refractivity contribution in [1.82, 2.24) is 29.1 Å². The Morgan fingerprint density at radius 1 is 0.427 bits per heavy atom. The van der Waals surface area contributed by atoms with Crippen LogP contribution in [-0.4, -0.2) is 160 Å². The highest BCUT2D eigenvalue weighted by Crippen LogP contribution is 2.31. The van der Waals surface area contributed by atoms with E-state index in [1.807, 2.05) is 24.3 Å². The van der Waals surface area contributed by atoms with Crippen molar-refractivity contribution in [1.29, 1.82) is 0 Å². The third-order valence-corrected chi connectivity index (χ3v) is 19.0. The van der Waals surface area contributed by atoms with Crippen LogP contribution >= 0.6 is 0 Å². The molecule has 0 spiro atoms. The summed E-state index contributed by atoms with van der Waals surface area (Å²) in [6, 6.07) is 27.4. The SMILES string of the molecule is CCN(CCc1ccc(OC)c(OC)c1)CCN(CC1CCCCCCC1)C(=O)CCCCOc1ccc2c(ccc(=O)n2OC(=O)C(=O)On2c(=O)ccc3cc(OCCCCC(=O)N(CCN(CC)CCc4ccc(OC)c(OC)c4)CC4CCCCCCC4)ccc32)c1. The number of fused-ring (bicyclic) bond motifs is 2. The molecule has 0 bridgehead atoms. The fraction of sp³-hybridized carbons (Fsp3) is 0.553. The van der Waals surface area contributed by atoms with E-state index in [0.717, 1.165) is 90.9 Å². The predicted octanol–water partition coefficient (Wildman–Crippen LogP) is 11.6. The molecule has 2 amide bonds. The molecule has 20 nitrogen and oxygen atoms in total. The van der Waals surface area contributed by atoms with E-state index in [2.05, 4.69) is 45.6 Å². The largest absolute Gasteiger partial charge is 0.494 e. The molecule has 6 aromatic rings. The molecule has 96 heavy (non-hydrogen) atoms. The Bertz CT molecular complexity index is 3320. The van der Waals surface area contributed by atoms with Gasteiger partial charge in [-0.3, -0.25) is 19.2 Å². The molecule has 20 heteroatoms. The predicted molar refractivity (Wildman–Crippen MR) is 374 cm³/mol. The van der Waals surface area contributed by atoms with Gasteiger partial charge in [-0.05, 0) is 173 Å². The van der Waals surface area contributed by atoms with Crippen LogP contribution in [-0.2, 0) is 32.0 Å². The number of hydrogen-bond donors (Lipinski definition) is 0. The van der Waals surface area contributed by atoms with Crippen molar-refractivity contribution in [3.8, 4) is 34.5 Å². The van der Waals surface area contributed by atoms with E-state index in [1.54, 1.807) is 77.0 Å². The maximum absolute atomic E-state index is 14.0. The molecule has 0 unspecified atom stereocenters. The molecular weight excluding hydrogens is 1220 g/mol. The summed E-state index contributed by atoms with van der Waals surface area (Å²) in [4.78, 5) is 101. The van der Waals surface area contributed by atoms with E-state index in [-0.39, 0.29) is 22.8 Å². The Labute approximate surface area is 566 Å². The summed E-state index contributed by atoms with van der Waals surface area (Å²) < 4.78 is 35.6. The number of nitrogens with zero attached hydrogens (tertiary/aromatic N) is 6. The van der Waals surface area contributed by atoms with Gasteiger partial charge >= 0.3 is 11.9 Å². The Balaban J connectivity index is 0.795. The Hall–Kier alpha value is -8.10. The second-order valence-electron chi connectivity index (χ2n) is 25.6. The zero-order valence-electron chi connectivity index (χ0n) is 57.8. The molecule has 0 radical (unpaired) electrons. The molecule has 8 rings (SSSR count). The van der Waals surface area contributed by atoms with Crippen LogP contribution in [0.2, 0.25) is 0 Å². The molecule has 2 heterocycles. The van der Waals surface area contributed by atoms with Gasteiger partial charge in [-0.2, -0.15) is 0 Å². The summed E-state index contributed by atoms with van der Waals surface area (Å²) in [5, 5.41) is 0.976. The normalized spacial score (nSPS) is 14.1. The summed E-state index contributed by atoms with van der Waals surface area (Å²) in [7, 11) is 6.57. The smallest absolute Gasteiger partial charge is 0.444 e. The highest BCUT2D eigenvalue weighted by molar-refractivity contribution is 6.30. The number of unbranched alkanes of at least 4 members (excludes halogenated alkanes) is 2. The second-order valence-corrected chi connectivity index (χ2v) is 25.6. The molecule has 4 aromatic carbocycles. The van der Waals surface area contributed by atoms with Crippen LogP contribution in [0.3, 0.4) is 0 Å². The average Bonchev–Trinajstić information content (AvgIpc) is 0.805. The number of carbonyl (C=O) groups excluding carboxylic acids is 4. The zero-order valence-corrected chi connectivity index (χ0v) is 57.8. The number of pyridine rings is 2. The number of benzene rings is 4. The fourth-order valence-electron chi connectivity index (χ4n) is 13.2. The van der Waals surface area contributed by atoms with E-state index in [0.29, 0.717) is 131 Å². The highest BCUT2D eigenvalue weighted by Gasteiger charge is 2.26. The van der Waals surface area contributed by atoms with E-state index < -0.39 is 23.1 Å². The Kier molecular flexibility index (Phi) is 30.1. The standard InChI is InChI=1S/C76H104N6O14/c1-7-77(43-41-57-29-37-67(89-3)69(51-57)91-5)45-47-79(55-59-23-15-11-9-12-16-24-59)71(83)27-19-21-49-93-63-33-35-65-61(53-63)31-39-73(85)81(65)95-75(87)76(88)96-82-66-36-34-64(54-62(66)32-40-74(82)86)94-50-22-20-28-72(84)80(56-60-25-17-13-10-14-18-26-60)48-46-78(8-2)44-42-58-30-38-68(90-4)70(52-58)92-6/h29-40,51-54,59-60H,7-28,41-50,55-56H2,1-6H3. The first-order valence-corrected chi connectivity index (χ1v) is 35.2. The number of rotatable bonds is 36. The van der Waals surface area contributed by atoms with Crippen LogP contribution in [0.1, 0.15) is 153 Å². The first-order chi connectivity index (χ1) is 46.8. The lowest BCUT2D eigenvalue weighted by Crippen LogP contribution is -2.41. The van der Waals surface area contributed by atoms with Gasteiger partial charge in [-0.15, -0.1) is 9.46 Å². The topological polar surface area (TPSA) is 199 Å². The van der Waals surface area contributed by atoms with Crippen molar-refractivity contribution in [2.45, 2.75) is 155 Å². The molecule has 522 valence electrons. The van der Waals surface area contributed by atoms with Crippen LogP contribution in [0.5, 0.6) is 34.5 Å². The number of hydrogen-bond acceptors (Lipinski definition) is 16. The summed E-state index contributed by atoms with van der Waals surface area (Å²) >= 11 is 0. The zero-order chi connectivity index (χ0) is 68.0. The number of likely N-dealkylation sites (N-methyl/N-ethyl adjacent to an activating group) is 2. The summed E-state index contributed by atoms with van der Waals surface area (Å²) in [5.74, 6) is 2.11. The molecule has 0 N–H and O–H groups in total. The van der Waals surface area contributed by atoms with Gasteiger partial charge in [0, 0.05) is 88.1 Å². The van der Waals surface area contributed by atoms with Crippen molar-refractivity contribution in [2.75, 3.05) is 107 Å². The minimum atomic E-state index is -1.54. The first kappa shape index (κ1) is 73.7. The van der Waals surface area contributed by atoms with Crippen LogP contribution in [0.15, 0.2) is 107 Å². The number of carbonyl (C=O) groups is 4. The third kappa shape index (κ3) is 22.5. The van der Waals surface area contributed by atoms with Gasteiger partial charge in [0.05, 0.1) is 52.7 Å². The molecule has 2 aliphatic rings. The molecular formula is C76H104N6O14. The lowest BCUT2D eigenvalue weighted by molar-refractivity contribution is -0.168. The number of aromatic nitrogens is 2. The number of amides is 2. The quantitative estimate of drug-likeness (QED) is 0.0265. The van der Waals surface area contributed by atoms with Gasteiger partial charge < -0.3 is 57.7 Å². The summed E-state index contributed by atoms with van der Waals surface area (Å²) in [6.45, 7) is 13.0. The average molecular weight is 1330 g/mol. The third-order valence-electron chi connectivity index (χ3n) is 19.0. The molecule has 2 fully saturated rings. The first-order valence-electron chi connectivity index (χ1n) is 35.2. The lowest BCUT2D eigenvalue weighted by atomic mass is 9.90. The molecule has 2 aromatic heterocycles. The van der Waals surface area contributed by atoms with Gasteiger partial charge in [0.1, 0.15) is 11.5 Å². The highest BCUT2D eigenvalue weighted by atomic mass is 16.7. The maximum atomic E-state index is 14.0. The van der Waals surface area contributed by atoms with Gasteiger partial charge in [-0.1, -0.05) is 90.2 Å². The Morgan fingerprint density at radius 3 is 1.19 bits per heavy atom. The number of ether oxygens (including phenoxy) is 6. The summed E-state index contributed by atoms with van der Waals surface area (Å²) in [6.07, 6.45) is 22.1. The van der Waals surface area contributed by atoms with Gasteiger partial charge in [0.2, 0.25) is 11.8 Å². The van der Waals surface area contributed by atoms with Crippen molar-refractivity contribution >= 4 is 45.6 Å². The van der Waals surface area contributed by atoms with Crippen molar-refractivity contribution in [3.63, 3.8) is 0 Å². The van der Waals surface area contributed by atoms with Crippen LogP contribution in [0.25, 0.3) is 21.8 Å². The number of methoxy groups -OCH3 is 4. The van der Waals surface area contributed by atoms with Crippen molar-refractivity contribution < 1.29 is 57.3 Å². The molecule has 0 aliphatic heterocycles. The van der Waals surface area contributed by atoms with E-state index >= 15 is 0 Å². The van der Waals surface area contributed by atoms with Crippen LogP contribution < -0.4 is 49.2 Å². The van der Waals surface area contributed by atoms with Crippen LogP contribution in [0, 0.1) is 11.8 Å². The molecule has 2 saturated carbocycles. The molecule has 0 saturated heterocycles. The van der Waals surface area contributed by atoms with E-state index in [9.17, 15) is 28.8 Å². The monoisotopic (exact) mass is 1320 g/mol.